The molecule has 0 radical (unpaired) electrons. The van der Waals surface area contributed by atoms with Crippen molar-refractivity contribution in [3.63, 3.8) is 0 Å². The van der Waals surface area contributed by atoms with Crippen LogP contribution in [0.4, 0.5) is 0 Å². The van der Waals surface area contributed by atoms with E-state index in [2.05, 4.69) is 20.8 Å². The molecule has 0 saturated heterocycles. The standard InChI is InChI=1S/C15H19N5OS/c1-20-15(17-18-19-20)22-13(11-7-3-2-4-8-11)14(21)16-12-9-5-6-10-12/h2-4,7-8,12-13H,5-6,9-10H2,1H3,(H,16,21)/t13-/m0/s1. The van der Waals surface area contributed by atoms with Gasteiger partial charge in [0.15, 0.2) is 0 Å². The number of benzene rings is 1. The molecule has 2 aromatic rings. The van der Waals surface area contributed by atoms with Crippen LogP contribution < -0.4 is 5.32 Å². The number of aromatic nitrogens is 4. The molecule has 1 N–H and O–H groups in total. The quantitative estimate of drug-likeness (QED) is 0.855. The van der Waals surface area contributed by atoms with E-state index >= 15 is 0 Å². The molecule has 0 aliphatic heterocycles. The lowest BCUT2D eigenvalue weighted by atomic mass is 10.1. The average Bonchev–Trinajstić information content (AvgIpc) is 3.17. The molecule has 1 heterocycles. The van der Waals surface area contributed by atoms with Crippen LogP contribution in [0.25, 0.3) is 0 Å². The van der Waals surface area contributed by atoms with Crippen molar-refractivity contribution in [2.24, 2.45) is 7.05 Å². The van der Waals surface area contributed by atoms with Gasteiger partial charge >= 0.3 is 0 Å². The van der Waals surface area contributed by atoms with Gasteiger partial charge in [0, 0.05) is 13.1 Å². The molecule has 1 saturated carbocycles. The van der Waals surface area contributed by atoms with Gasteiger partial charge in [0.2, 0.25) is 11.1 Å². The number of amides is 1. The molecule has 1 aromatic heterocycles. The number of aryl methyl sites for hydroxylation is 1. The van der Waals surface area contributed by atoms with Crippen LogP contribution in [0.1, 0.15) is 36.5 Å². The predicted molar refractivity (Wildman–Crippen MR) is 84.2 cm³/mol. The van der Waals surface area contributed by atoms with Crippen LogP contribution in [-0.4, -0.2) is 32.2 Å². The molecule has 6 nitrogen and oxygen atoms in total. The van der Waals surface area contributed by atoms with Crippen LogP contribution in [0.3, 0.4) is 0 Å². The third-order valence-electron chi connectivity index (χ3n) is 3.85. The maximum Gasteiger partial charge on any atom is 0.238 e. The third-order valence-corrected chi connectivity index (χ3v) is 5.13. The molecule has 1 aromatic carbocycles. The van der Waals surface area contributed by atoms with E-state index in [1.165, 1.54) is 24.6 Å². The molecule has 1 fully saturated rings. The highest BCUT2D eigenvalue weighted by atomic mass is 32.2. The molecule has 1 amide bonds. The van der Waals surface area contributed by atoms with E-state index in [0.29, 0.717) is 11.2 Å². The van der Waals surface area contributed by atoms with Crippen molar-refractivity contribution in [2.75, 3.05) is 0 Å². The summed E-state index contributed by atoms with van der Waals surface area (Å²) in [5.41, 5.74) is 0.964. The van der Waals surface area contributed by atoms with Crippen molar-refractivity contribution >= 4 is 17.7 Å². The van der Waals surface area contributed by atoms with E-state index in [1.54, 1.807) is 11.7 Å². The van der Waals surface area contributed by atoms with Crippen molar-refractivity contribution in [3.05, 3.63) is 35.9 Å². The van der Waals surface area contributed by atoms with Gasteiger partial charge in [-0.05, 0) is 28.8 Å². The van der Waals surface area contributed by atoms with Crippen LogP contribution in [0.5, 0.6) is 0 Å². The van der Waals surface area contributed by atoms with E-state index in [-0.39, 0.29) is 11.2 Å². The Morgan fingerprint density at radius 3 is 2.68 bits per heavy atom. The molecular weight excluding hydrogens is 298 g/mol. The zero-order chi connectivity index (χ0) is 15.4. The van der Waals surface area contributed by atoms with Crippen LogP contribution >= 0.6 is 11.8 Å². The number of tetrazole rings is 1. The van der Waals surface area contributed by atoms with Crippen LogP contribution in [0.2, 0.25) is 0 Å². The third kappa shape index (κ3) is 3.47. The lowest BCUT2D eigenvalue weighted by Crippen LogP contribution is -2.35. The molecule has 7 heteroatoms. The Bertz CT molecular complexity index is 624. The first-order valence-corrected chi connectivity index (χ1v) is 8.36. The number of thioether (sulfide) groups is 1. The maximum atomic E-state index is 12.7. The van der Waals surface area contributed by atoms with E-state index in [4.69, 9.17) is 0 Å². The molecule has 1 aliphatic rings. The largest absolute Gasteiger partial charge is 0.352 e. The Labute approximate surface area is 133 Å². The normalized spacial score (nSPS) is 16.6. The second-order valence-corrected chi connectivity index (χ2v) is 6.56. The molecule has 116 valence electrons. The van der Waals surface area contributed by atoms with E-state index in [1.807, 2.05) is 30.3 Å². The summed E-state index contributed by atoms with van der Waals surface area (Å²) in [6.07, 6.45) is 4.54. The Hall–Kier alpha value is -1.89. The number of carbonyl (C=O) groups excluding carboxylic acids is 1. The monoisotopic (exact) mass is 317 g/mol. The van der Waals surface area contributed by atoms with Crippen LogP contribution in [-0.2, 0) is 11.8 Å². The van der Waals surface area contributed by atoms with Crippen LogP contribution in [0.15, 0.2) is 35.5 Å². The minimum atomic E-state index is -0.341. The summed E-state index contributed by atoms with van der Waals surface area (Å²) in [4.78, 5) is 12.7. The minimum absolute atomic E-state index is 0.0334. The summed E-state index contributed by atoms with van der Waals surface area (Å²) in [7, 11) is 1.78. The summed E-state index contributed by atoms with van der Waals surface area (Å²) in [5.74, 6) is 0.0334. The first-order valence-electron chi connectivity index (χ1n) is 7.48. The van der Waals surface area contributed by atoms with Gasteiger partial charge in [-0.1, -0.05) is 54.9 Å². The lowest BCUT2D eigenvalue weighted by molar-refractivity contribution is -0.121. The summed E-state index contributed by atoms with van der Waals surface area (Å²) in [6, 6.07) is 10.1. The van der Waals surface area contributed by atoms with Gasteiger partial charge in [-0.3, -0.25) is 4.79 Å². The average molecular weight is 317 g/mol. The van der Waals surface area contributed by atoms with Gasteiger partial charge in [0.1, 0.15) is 5.25 Å². The highest BCUT2D eigenvalue weighted by Crippen LogP contribution is 2.34. The van der Waals surface area contributed by atoms with Crippen molar-refractivity contribution in [1.82, 2.24) is 25.5 Å². The van der Waals surface area contributed by atoms with Gasteiger partial charge in [-0.2, -0.15) is 0 Å². The van der Waals surface area contributed by atoms with E-state index < -0.39 is 0 Å². The summed E-state index contributed by atoms with van der Waals surface area (Å²) in [5, 5.41) is 14.9. The Morgan fingerprint density at radius 2 is 2.05 bits per heavy atom. The molecule has 0 bridgehead atoms. The van der Waals surface area contributed by atoms with Crippen molar-refractivity contribution in [1.29, 1.82) is 0 Å². The zero-order valence-corrected chi connectivity index (χ0v) is 13.3. The Balaban J connectivity index is 1.79. The maximum absolute atomic E-state index is 12.7. The second kappa shape index (κ2) is 6.91. The molecular formula is C15H19N5OS. The first-order chi connectivity index (χ1) is 10.7. The smallest absolute Gasteiger partial charge is 0.238 e. The van der Waals surface area contributed by atoms with Gasteiger partial charge < -0.3 is 5.32 Å². The fourth-order valence-electron chi connectivity index (χ4n) is 2.67. The van der Waals surface area contributed by atoms with Crippen molar-refractivity contribution in [3.8, 4) is 0 Å². The number of nitrogens with zero attached hydrogens (tertiary/aromatic N) is 4. The zero-order valence-electron chi connectivity index (χ0n) is 12.5. The second-order valence-electron chi connectivity index (χ2n) is 5.48. The first kappa shape index (κ1) is 15.0. The highest BCUT2D eigenvalue weighted by Gasteiger charge is 2.27. The van der Waals surface area contributed by atoms with Gasteiger partial charge in [0.05, 0.1) is 0 Å². The summed E-state index contributed by atoms with van der Waals surface area (Å²) in [6.45, 7) is 0. The molecule has 1 atom stereocenters. The molecule has 3 rings (SSSR count). The number of rotatable bonds is 5. The van der Waals surface area contributed by atoms with Gasteiger partial charge in [-0.15, -0.1) is 5.10 Å². The minimum Gasteiger partial charge on any atom is -0.352 e. The molecule has 1 aliphatic carbocycles. The van der Waals surface area contributed by atoms with E-state index in [9.17, 15) is 4.79 Å². The van der Waals surface area contributed by atoms with Gasteiger partial charge in [-0.25, -0.2) is 4.68 Å². The number of carbonyl (C=O) groups is 1. The Kier molecular flexibility index (Phi) is 4.72. The molecule has 0 spiro atoms. The number of nitrogens with one attached hydrogen (secondary N) is 1. The van der Waals surface area contributed by atoms with Gasteiger partial charge in [0.25, 0.3) is 0 Å². The molecule has 0 unspecified atom stereocenters. The van der Waals surface area contributed by atoms with Crippen molar-refractivity contribution in [2.45, 2.75) is 42.1 Å². The Morgan fingerprint density at radius 1 is 1.32 bits per heavy atom. The topological polar surface area (TPSA) is 72.7 Å². The summed E-state index contributed by atoms with van der Waals surface area (Å²) < 4.78 is 1.59. The lowest BCUT2D eigenvalue weighted by Gasteiger charge is -2.19. The fourth-order valence-corrected chi connectivity index (χ4v) is 3.63. The summed E-state index contributed by atoms with van der Waals surface area (Å²) >= 11 is 1.38. The van der Waals surface area contributed by atoms with E-state index in [0.717, 1.165) is 18.4 Å². The van der Waals surface area contributed by atoms with Crippen molar-refractivity contribution < 1.29 is 4.79 Å². The highest BCUT2D eigenvalue weighted by molar-refractivity contribution is 8.00. The molecule has 22 heavy (non-hydrogen) atoms. The predicted octanol–water partition coefficient (Wildman–Crippen LogP) is 2.10. The SMILES string of the molecule is Cn1nnnc1S[C@H](C(=O)NC1CCCC1)c1ccccc1. The van der Waals surface area contributed by atoms with Crippen LogP contribution in [0, 0.1) is 0 Å². The number of hydrogen-bond donors (Lipinski definition) is 1. The fraction of sp³-hybridized carbons (Fsp3) is 0.467. The number of hydrogen-bond acceptors (Lipinski definition) is 5.